The van der Waals surface area contributed by atoms with E-state index >= 15 is 0 Å². The molecule has 4 heteroatoms. The summed E-state index contributed by atoms with van der Waals surface area (Å²) in [5.74, 6) is 0.685. The van der Waals surface area contributed by atoms with E-state index in [2.05, 4.69) is 39.0 Å². The van der Waals surface area contributed by atoms with Crippen LogP contribution in [0.2, 0.25) is 0 Å². The van der Waals surface area contributed by atoms with Gasteiger partial charge in [0.25, 0.3) is 5.91 Å². The van der Waals surface area contributed by atoms with Gasteiger partial charge in [-0.15, -0.1) is 0 Å². The Morgan fingerprint density at radius 1 is 1.00 bits per heavy atom. The molecule has 0 aromatic rings. The van der Waals surface area contributed by atoms with Crippen molar-refractivity contribution in [1.82, 2.24) is 9.96 Å². The van der Waals surface area contributed by atoms with Gasteiger partial charge in [0.2, 0.25) is 0 Å². The summed E-state index contributed by atoms with van der Waals surface area (Å²) in [6.45, 7) is 10.3. The van der Waals surface area contributed by atoms with Crippen LogP contribution in [0.3, 0.4) is 0 Å². The minimum Gasteiger partial charge on any atom is -0.317 e. The summed E-state index contributed by atoms with van der Waals surface area (Å²) in [4.78, 5) is 21.1. The third-order valence-electron chi connectivity index (χ3n) is 6.20. The maximum atomic E-state index is 13.1. The Bertz CT molecular complexity index is 523. The molecular weight excluding hydrogens is 384 g/mol. The molecule has 1 rings (SSSR count). The number of hydrogen-bond acceptors (Lipinski definition) is 3. The third kappa shape index (κ3) is 11.3. The number of carbonyl (C=O) groups excluding carboxylic acids is 1. The molecule has 0 aromatic carbocycles. The number of nitrogens with zero attached hydrogens (tertiary/aromatic N) is 2. The molecule has 4 nitrogen and oxygen atoms in total. The molecule has 180 valence electrons. The van der Waals surface area contributed by atoms with Crippen LogP contribution in [0.5, 0.6) is 0 Å². The first-order valence-corrected chi connectivity index (χ1v) is 13.1. The van der Waals surface area contributed by atoms with Gasteiger partial charge in [0.1, 0.15) is 0 Å². The lowest BCUT2D eigenvalue weighted by atomic mass is 9.97. The molecule has 2 unspecified atom stereocenters. The number of unbranched alkanes of at least 4 members (excludes halogenated alkanes) is 6. The van der Waals surface area contributed by atoms with E-state index in [1.165, 1.54) is 51.4 Å². The Labute approximate surface area is 193 Å². The summed E-state index contributed by atoms with van der Waals surface area (Å²) < 4.78 is 0. The largest absolute Gasteiger partial charge is 0.317 e. The van der Waals surface area contributed by atoms with E-state index < -0.39 is 6.10 Å². The summed E-state index contributed by atoms with van der Waals surface area (Å²) in [5.41, 5.74) is 1.11. The van der Waals surface area contributed by atoms with E-state index in [0.717, 1.165) is 44.5 Å². The van der Waals surface area contributed by atoms with E-state index in [1.807, 2.05) is 23.9 Å². The van der Waals surface area contributed by atoms with Crippen LogP contribution in [0.25, 0.3) is 0 Å². The lowest BCUT2D eigenvalue weighted by molar-refractivity contribution is -0.205. The van der Waals surface area contributed by atoms with Crippen molar-refractivity contribution in [3.05, 3.63) is 23.9 Å². The van der Waals surface area contributed by atoms with Crippen molar-refractivity contribution in [2.75, 3.05) is 20.1 Å². The van der Waals surface area contributed by atoms with Gasteiger partial charge in [0.05, 0.1) is 0 Å². The fraction of sp³-hybridized carbons (Fsp3) is 0.815. The van der Waals surface area contributed by atoms with E-state index in [9.17, 15) is 4.79 Å². The Morgan fingerprint density at radius 3 is 2.26 bits per heavy atom. The Balaban J connectivity index is 2.51. The molecule has 0 aromatic heterocycles. The lowest BCUT2D eigenvalue weighted by Crippen LogP contribution is -2.42. The van der Waals surface area contributed by atoms with Gasteiger partial charge in [-0.2, -0.15) is 5.06 Å². The van der Waals surface area contributed by atoms with Crippen molar-refractivity contribution in [2.45, 2.75) is 117 Å². The number of carbonyl (C=O) groups is 1. The fourth-order valence-electron chi connectivity index (χ4n) is 4.23. The highest BCUT2D eigenvalue weighted by Gasteiger charge is 2.26. The van der Waals surface area contributed by atoms with Crippen molar-refractivity contribution >= 4 is 5.91 Å². The molecule has 0 saturated carbocycles. The van der Waals surface area contributed by atoms with Crippen LogP contribution in [0, 0.1) is 5.92 Å². The van der Waals surface area contributed by atoms with Crippen molar-refractivity contribution in [1.29, 1.82) is 0 Å². The van der Waals surface area contributed by atoms with Gasteiger partial charge in [-0.05, 0) is 38.0 Å². The van der Waals surface area contributed by atoms with Crippen molar-refractivity contribution < 1.29 is 9.63 Å². The van der Waals surface area contributed by atoms with Crippen LogP contribution in [-0.4, -0.2) is 42.1 Å². The zero-order valence-corrected chi connectivity index (χ0v) is 21.2. The highest BCUT2D eigenvalue weighted by molar-refractivity contribution is 5.82. The molecule has 2 atom stereocenters. The smallest absolute Gasteiger partial charge is 0.257 e. The summed E-state index contributed by atoms with van der Waals surface area (Å²) >= 11 is 0. The van der Waals surface area contributed by atoms with Gasteiger partial charge >= 0.3 is 0 Å². The average molecular weight is 435 g/mol. The van der Waals surface area contributed by atoms with Crippen LogP contribution < -0.4 is 0 Å². The van der Waals surface area contributed by atoms with Crippen LogP contribution in [-0.2, 0) is 9.63 Å². The number of likely N-dealkylation sites (N-methyl/N-ethyl adjacent to an activating group) is 1. The first kappa shape index (κ1) is 27.9. The predicted molar refractivity (Wildman–Crippen MR) is 133 cm³/mol. The SMILES string of the molecule is CCCCCCCCCC1C=CCC(N(C)C(=O)C(CC)ON(CCC)CCC)=CC1. The van der Waals surface area contributed by atoms with Gasteiger partial charge in [-0.3, -0.25) is 9.63 Å². The second kappa shape index (κ2) is 17.4. The van der Waals surface area contributed by atoms with Crippen LogP contribution in [0.4, 0.5) is 0 Å². The standard InChI is InChI=1S/C27H50N2O2/c1-6-10-11-12-13-14-15-17-24-18-16-19-25(21-20-24)28(5)27(30)26(9-4)31-29(22-7-2)23-8-3/h16,18,21,24,26H,6-15,17,19-20,22-23H2,1-5H3. The van der Waals surface area contributed by atoms with E-state index in [0.29, 0.717) is 12.3 Å². The minimum absolute atomic E-state index is 0.0740. The van der Waals surface area contributed by atoms with Gasteiger partial charge in [-0.1, -0.05) is 90.9 Å². The summed E-state index contributed by atoms with van der Waals surface area (Å²) in [6, 6.07) is 0. The maximum Gasteiger partial charge on any atom is 0.257 e. The Morgan fingerprint density at radius 2 is 1.65 bits per heavy atom. The normalized spacial score (nSPS) is 17.5. The molecule has 1 aliphatic carbocycles. The lowest BCUT2D eigenvalue weighted by Gasteiger charge is -2.29. The highest BCUT2D eigenvalue weighted by atomic mass is 16.7. The molecule has 0 heterocycles. The molecule has 0 spiro atoms. The molecule has 0 saturated heterocycles. The molecule has 1 aliphatic rings. The Kier molecular flexibility index (Phi) is 15.7. The monoisotopic (exact) mass is 434 g/mol. The van der Waals surface area contributed by atoms with Crippen molar-refractivity contribution in [3.8, 4) is 0 Å². The maximum absolute atomic E-state index is 13.1. The summed E-state index contributed by atoms with van der Waals surface area (Å²) in [5, 5.41) is 1.97. The van der Waals surface area contributed by atoms with E-state index in [1.54, 1.807) is 0 Å². The molecule has 0 radical (unpaired) electrons. The van der Waals surface area contributed by atoms with Crippen LogP contribution in [0.1, 0.15) is 111 Å². The van der Waals surface area contributed by atoms with Crippen molar-refractivity contribution in [2.24, 2.45) is 5.92 Å². The van der Waals surface area contributed by atoms with E-state index in [4.69, 9.17) is 4.84 Å². The number of hydroxylamine groups is 2. The van der Waals surface area contributed by atoms with Gasteiger partial charge in [0, 0.05) is 32.3 Å². The highest BCUT2D eigenvalue weighted by Crippen LogP contribution is 2.24. The Hall–Kier alpha value is -1.13. The second-order valence-electron chi connectivity index (χ2n) is 9.06. The first-order chi connectivity index (χ1) is 15.1. The van der Waals surface area contributed by atoms with Crippen LogP contribution >= 0.6 is 0 Å². The number of rotatable bonds is 17. The van der Waals surface area contributed by atoms with Crippen LogP contribution in [0.15, 0.2) is 23.9 Å². The quantitative estimate of drug-likeness (QED) is 0.137. The fourth-order valence-corrected chi connectivity index (χ4v) is 4.23. The first-order valence-electron chi connectivity index (χ1n) is 13.1. The average Bonchev–Trinajstić information content (AvgIpc) is 3.02. The predicted octanol–water partition coefficient (Wildman–Crippen LogP) is 7.27. The zero-order valence-electron chi connectivity index (χ0n) is 21.2. The summed E-state index contributed by atoms with van der Waals surface area (Å²) in [7, 11) is 1.91. The number of amides is 1. The second-order valence-corrected chi connectivity index (χ2v) is 9.06. The number of allylic oxidation sites excluding steroid dienone is 3. The summed E-state index contributed by atoms with van der Waals surface area (Å²) in [6.07, 6.45) is 21.9. The molecule has 0 aliphatic heterocycles. The molecule has 0 fully saturated rings. The third-order valence-corrected chi connectivity index (χ3v) is 6.20. The molecule has 31 heavy (non-hydrogen) atoms. The zero-order chi connectivity index (χ0) is 22.9. The topological polar surface area (TPSA) is 32.8 Å². The molecular formula is C27H50N2O2. The minimum atomic E-state index is -0.403. The molecule has 0 bridgehead atoms. The van der Waals surface area contributed by atoms with Gasteiger partial charge in [-0.25, -0.2) is 0 Å². The van der Waals surface area contributed by atoms with Crippen molar-refractivity contribution in [3.63, 3.8) is 0 Å². The van der Waals surface area contributed by atoms with Gasteiger partial charge < -0.3 is 4.90 Å². The molecule has 0 N–H and O–H groups in total. The molecule has 1 amide bonds. The van der Waals surface area contributed by atoms with Gasteiger partial charge in [0.15, 0.2) is 6.10 Å². The number of hydrogen-bond donors (Lipinski definition) is 0. The van der Waals surface area contributed by atoms with E-state index in [-0.39, 0.29) is 5.91 Å².